The molecule has 0 radical (unpaired) electrons. The number of likely N-dealkylation sites (N-methyl/N-ethyl adjacent to an activating group) is 1. The van der Waals surface area contributed by atoms with Crippen LogP contribution in [0.3, 0.4) is 0 Å². The molecule has 46 heavy (non-hydrogen) atoms. The third-order valence-corrected chi connectivity index (χ3v) is 11.0. The summed E-state index contributed by atoms with van der Waals surface area (Å²) in [7, 11) is 1.71. The van der Waals surface area contributed by atoms with Crippen molar-refractivity contribution in [2.75, 3.05) is 20.2 Å². The van der Waals surface area contributed by atoms with E-state index in [1.165, 1.54) is 4.90 Å². The summed E-state index contributed by atoms with van der Waals surface area (Å²) in [6, 6.07) is 7.26. The van der Waals surface area contributed by atoms with Gasteiger partial charge in [0.05, 0.1) is 30.7 Å². The zero-order valence-corrected chi connectivity index (χ0v) is 27.1. The lowest BCUT2D eigenvalue weighted by molar-refractivity contribution is -0.164. The molecule has 1 saturated carbocycles. The Bertz CT molecular complexity index is 1370. The number of likely N-dealkylation sites (tertiary alicyclic amines) is 1. The average Bonchev–Trinajstić information content (AvgIpc) is 3.46. The molecular weight excluding hydrogens is 586 g/mol. The fourth-order valence-corrected chi connectivity index (χ4v) is 8.37. The molecule has 8 atom stereocenters. The van der Waals surface area contributed by atoms with Gasteiger partial charge in [0, 0.05) is 26.1 Å². The zero-order valence-electron chi connectivity index (χ0n) is 27.1. The second-order valence-electron chi connectivity index (χ2n) is 13.5. The first-order valence-electron chi connectivity index (χ1n) is 17.0. The first-order valence-corrected chi connectivity index (χ1v) is 17.0. The standard InChI is InChI=1S/C36H47N3O7/c1-4-25(22-40)39-32-34(43)38(26-16-9-6-10-17-26)21-13-20-36(32)30(33(39)42)29-27(46-36)18-11-12-19-28(41)37(3)23(2)31(45-35(29)44)24-14-7-5-8-15-24/h5,7-8,11,13-15,18,20,23,25-27,29-32,40H,4,6,9-10,12,16-17,19,21-22H2,1-3H3/b18-11-/t23-,25-,27-,29+,30+,31+,32-,36+/m0/s1. The van der Waals surface area contributed by atoms with Crippen molar-refractivity contribution in [3.8, 4) is 0 Å². The Labute approximate surface area is 271 Å². The smallest absolute Gasteiger partial charge is 0.313 e. The highest BCUT2D eigenvalue weighted by atomic mass is 16.6. The maximum atomic E-state index is 14.7. The molecule has 1 aromatic carbocycles. The maximum Gasteiger partial charge on any atom is 0.313 e. The molecule has 1 aliphatic carbocycles. The maximum absolute atomic E-state index is 14.7. The predicted molar refractivity (Wildman–Crippen MR) is 170 cm³/mol. The predicted octanol–water partition coefficient (Wildman–Crippen LogP) is 3.55. The lowest BCUT2D eigenvalue weighted by Gasteiger charge is -2.41. The van der Waals surface area contributed by atoms with E-state index in [1.807, 2.05) is 67.3 Å². The number of amides is 3. The molecular formula is C36H47N3O7. The van der Waals surface area contributed by atoms with Crippen molar-refractivity contribution in [1.29, 1.82) is 0 Å². The highest BCUT2D eigenvalue weighted by molar-refractivity contribution is 5.99. The van der Waals surface area contributed by atoms with E-state index in [-0.39, 0.29) is 36.8 Å². The fraction of sp³-hybridized carbons (Fsp3) is 0.611. The Hall–Kier alpha value is -3.50. The molecule has 1 aromatic rings. The minimum absolute atomic E-state index is 0.0633. The van der Waals surface area contributed by atoms with Gasteiger partial charge in [-0.2, -0.15) is 0 Å². The number of fused-ring (bicyclic) bond motifs is 2. The summed E-state index contributed by atoms with van der Waals surface area (Å²) in [6.45, 7) is 3.82. The number of benzene rings is 1. The second kappa shape index (κ2) is 13.3. The molecule has 4 heterocycles. The summed E-state index contributed by atoms with van der Waals surface area (Å²) < 4.78 is 13.2. The van der Waals surface area contributed by atoms with Crippen molar-refractivity contribution in [3.05, 3.63) is 60.2 Å². The number of cyclic esters (lactones) is 1. The number of nitrogens with zero attached hydrogens (tertiary/aromatic N) is 3. The Balaban J connectivity index is 1.44. The normalized spacial score (nSPS) is 35.4. The molecule has 3 fully saturated rings. The van der Waals surface area contributed by atoms with Crippen LogP contribution >= 0.6 is 0 Å². The SMILES string of the molecule is CC[C@@H](CO)N1C(=O)[C@H]2[C@@H]3C(=O)O[C@@H](c4ccccc4)[C@H](C)N(C)C(=O)CC/C=C\[C@@H]3O[C@]23C=CCN(C2CCCCC2)C(=O)[C@H]13. The van der Waals surface area contributed by atoms with E-state index >= 15 is 0 Å². The third kappa shape index (κ3) is 5.47. The van der Waals surface area contributed by atoms with E-state index in [0.29, 0.717) is 19.4 Å². The highest BCUT2D eigenvalue weighted by Crippen LogP contribution is 2.54. The van der Waals surface area contributed by atoms with Crippen molar-refractivity contribution in [1.82, 2.24) is 14.7 Å². The van der Waals surface area contributed by atoms with Gasteiger partial charge in [-0.15, -0.1) is 0 Å². The van der Waals surface area contributed by atoms with E-state index < -0.39 is 53.7 Å². The molecule has 1 spiro atoms. The van der Waals surface area contributed by atoms with E-state index in [9.17, 15) is 24.3 Å². The van der Waals surface area contributed by atoms with Crippen LogP contribution in [0.1, 0.15) is 76.9 Å². The Morgan fingerprint density at radius 1 is 1.02 bits per heavy atom. The van der Waals surface area contributed by atoms with Gasteiger partial charge in [-0.1, -0.05) is 80.8 Å². The number of hydrogen-bond acceptors (Lipinski definition) is 7. The Kier molecular flexibility index (Phi) is 9.39. The number of allylic oxidation sites excluding steroid dienone is 1. The molecule has 10 heteroatoms. The summed E-state index contributed by atoms with van der Waals surface area (Å²) in [4.78, 5) is 62.0. The summed E-state index contributed by atoms with van der Waals surface area (Å²) in [5.74, 6) is -3.33. The van der Waals surface area contributed by atoms with Gasteiger partial charge >= 0.3 is 5.97 Å². The fourth-order valence-electron chi connectivity index (χ4n) is 8.37. The largest absolute Gasteiger partial charge is 0.455 e. The van der Waals surface area contributed by atoms with Crippen LogP contribution in [0.15, 0.2) is 54.6 Å². The van der Waals surface area contributed by atoms with E-state index in [4.69, 9.17) is 9.47 Å². The monoisotopic (exact) mass is 633 g/mol. The van der Waals surface area contributed by atoms with Gasteiger partial charge in [0.1, 0.15) is 23.7 Å². The molecule has 0 bridgehead atoms. The number of carbonyl (C=O) groups is 4. The van der Waals surface area contributed by atoms with Gasteiger partial charge in [-0.05, 0) is 38.2 Å². The number of ether oxygens (including phenoxy) is 2. The molecule has 248 valence electrons. The highest BCUT2D eigenvalue weighted by Gasteiger charge is 2.72. The van der Waals surface area contributed by atoms with Gasteiger partial charge in [-0.25, -0.2) is 0 Å². The summed E-state index contributed by atoms with van der Waals surface area (Å²) >= 11 is 0. The van der Waals surface area contributed by atoms with Crippen LogP contribution in [0.5, 0.6) is 0 Å². The number of esters is 1. The third-order valence-electron chi connectivity index (χ3n) is 11.0. The van der Waals surface area contributed by atoms with Crippen LogP contribution in [0.2, 0.25) is 0 Å². The van der Waals surface area contributed by atoms with Crippen LogP contribution in [0.4, 0.5) is 0 Å². The van der Waals surface area contributed by atoms with Crippen LogP contribution in [-0.4, -0.2) is 99.6 Å². The van der Waals surface area contributed by atoms with Gasteiger partial charge in [0.15, 0.2) is 0 Å². The van der Waals surface area contributed by atoms with Crippen LogP contribution in [0, 0.1) is 11.8 Å². The zero-order chi connectivity index (χ0) is 32.6. The molecule has 4 aliphatic heterocycles. The number of aliphatic hydroxyl groups is 1. The van der Waals surface area contributed by atoms with Gasteiger partial charge in [0.25, 0.3) is 0 Å². The van der Waals surface area contributed by atoms with Gasteiger partial charge < -0.3 is 29.3 Å². The van der Waals surface area contributed by atoms with E-state index in [2.05, 4.69) is 0 Å². The molecule has 0 unspecified atom stereocenters. The first-order chi connectivity index (χ1) is 22.2. The molecule has 10 nitrogen and oxygen atoms in total. The second-order valence-corrected chi connectivity index (χ2v) is 13.5. The van der Waals surface area contributed by atoms with Gasteiger partial charge in [-0.3, -0.25) is 19.2 Å². The number of carbonyl (C=O) groups excluding carboxylic acids is 4. The van der Waals surface area contributed by atoms with Crippen molar-refractivity contribution >= 4 is 23.7 Å². The van der Waals surface area contributed by atoms with Crippen LogP contribution in [0.25, 0.3) is 0 Å². The molecule has 3 amide bonds. The molecule has 1 N–H and O–H groups in total. The van der Waals surface area contributed by atoms with Gasteiger partial charge in [0.2, 0.25) is 17.7 Å². The minimum atomic E-state index is -1.42. The summed E-state index contributed by atoms with van der Waals surface area (Å²) in [5, 5.41) is 10.4. The summed E-state index contributed by atoms with van der Waals surface area (Å²) in [5.41, 5.74) is -0.684. The quantitative estimate of drug-likeness (QED) is 0.390. The topological polar surface area (TPSA) is 117 Å². The average molecular weight is 634 g/mol. The number of hydrogen-bond donors (Lipinski definition) is 1. The summed E-state index contributed by atoms with van der Waals surface area (Å²) in [6.07, 6.45) is 11.9. The van der Waals surface area contributed by atoms with Crippen molar-refractivity contribution in [2.24, 2.45) is 11.8 Å². The van der Waals surface area contributed by atoms with Crippen LogP contribution < -0.4 is 0 Å². The van der Waals surface area contributed by atoms with Crippen molar-refractivity contribution in [2.45, 2.75) is 107 Å². The Morgan fingerprint density at radius 3 is 2.46 bits per heavy atom. The Morgan fingerprint density at radius 2 is 1.76 bits per heavy atom. The lowest BCUT2D eigenvalue weighted by Crippen LogP contribution is -2.59. The van der Waals surface area contributed by atoms with E-state index in [0.717, 1.165) is 37.7 Å². The first kappa shape index (κ1) is 32.4. The van der Waals surface area contributed by atoms with E-state index in [1.54, 1.807) is 18.0 Å². The lowest BCUT2D eigenvalue weighted by atomic mass is 9.77. The van der Waals surface area contributed by atoms with Crippen molar-refractivity contribution < 1.29 is 33.8 Å². The molecule has 5 aliphatic rings. The number of rotatable bonds is 5. The molecule has 6 rings (SSSR count). The minimum Gasteiger partial charge on any atom is -0.455 e. The van der Waals surface area contributed by atoms with Crippen LogP contribution in [-0.2, 0) is 28.7 Å². The molecule has 2 saturated heterocycles. The number of aliphatic hydroxyl groups excluding tert-OH is 1. The van der Waals surface area contributed by atoms with Crippen molar-refractivity contribution in [3.63, 3.8) is 0 Å². The molecule has 0 aromatic heterocycles.